The Labute approximate surface area is 151 Å². The molecule has 0 saturated heterocycles. The van der Waals surface area contributed by atoms with Gasteiger partial charge in [0.05, 0.1) is 12.9 Å². The predicted octanol–water partition coefficient (Wildman–Crippen LogP) is 3.06. The fourth-order valence-corrected chi connectivity index (χ4v) is 3.09. The highest BCUT2D eigenvalue weighted by atomic mass is 16.5. The molecule has 2 amide bonds. The zero-order valence-electron chi connectivity index (χ0n) is 14.3. The van der Waals surface area contributed by atoms with Crippen LogP contribution in [0.2, 0.25) is 0 Å². The Bertz CT molecular complexity index is 867. The fourth-order valence-electron chi connectivity index (χ4n) is 3.09. The molecule has 26 heavy (non-hydrogen) atoms. The minimum absolute atomic E-state index is 0.0225. The molecular weight excluding hydrogens is 328 g/mol. The number of benzene rings is 2. The topological polar surface area (TPSA) is 68.2 Å². The molecule has 1 aliphatic heterocycles. The van der Waals surface area contributed by atoms with E-state index in [0.29, 0.717) is 13.1 Å². The molecule has 0 bridgehead atoms. The number of fused-ring (bicyclic) bond motifs is 1. The first-order chi connectivity index (χ1) is 12.8. The number of urea groups is 1. The van der Waals surface area contributed by atoms with Crippen LogP contribution in [0.5, 0.6) is 5.75 Å². The van der Waals surface area contributed by atoms with Crippen molar-refractivity contribution in [2.75, 3.05) is 11.9 Å². The average molecular weight is 348 g/mol. The van der Waals surface area contributed by atoms with Crippen molar-refractivity contribution in [2.45, 2.75) is 19.1 Å². The second kappa shape index (κ2) is 7.31. The minimum Gasteiger partial charge on any atom is -0.488 e. The van der Waals surface area contributed by atoms with Crippen LogP contribution in [0.15, 0.2) is 67.3 Å². The Morgan fingerprint density at radius 1 is 1.23 bits per heavy atom. The van der Waals surface area contributed by atoms with Crippen molar-refractivity contribution >= 4 is 11.7 Å². The molecule has 0 aliphatic carbocycles. The normalized spacial score (nSPS) is 15.2. The summed E-state index contributed by atoms with van der Waals surface area (Å²) >= 11 is 0. The molecule has 0 radical (unpaired) electrons. The molecule has 1 aliphatic rings. The number of carbonyl (C=O) groups excluding carboxylic acids is 1. The summed E-state index contributed by atoms with van der Waals surface area (Å²) in [4.78, 5) is 16.2. The van der Waals surface area contributed by atoms with E-state index in [-0.39, 0.29) is 12.1 Å². The SMILES string of the molecule is O=C(NC[C@@H]1Cc2ccccc2O1)Nc1cccc(Cn2ccnc2)c1. The lowest BCUT2D eigenvalue weighted by Gasteiger charge is -2.13. The number of amides is 2. The van der Waals surface area contributed by atoms with E-state index in [1.807, 2.05) is 53.2 Å². The number of hydrogen-bond acceptors (Lipinski definition) is 3. The molecule has 132 valence electrons. The molecule has 2 heterocycles. The maximum atomic E-state index is 12.2. The molecule has 0 unspecified atom stereocenters. The molecule has 1 atom stereocenters. The minimum atomic E-state index is -0.232. The van der Waals surface area contributed by atoms with Gasteiger partial charge >= 0.3 is 6.03 Å². The monoisotopic (exact) mass is 348 g/mol. The van der Waals surface area contributed by atoms with Crippen molar-refractivity contribution in [1.82, 2.24) is 14.9 Å². The first kappa shape index (κ1) is 16.2. The number of nitrogens with one attached hydrogen (secondary N) is 2. The van der Waals surface area contributed by atoms with Crippen molar-refractivity contribution in [3.8, 4) is 5.75 Å². The van der Waals surface area contributed by atoms with Gasteiger partial charge in [-0.15, -0.1) is 0 Å². The molecule has 6 nitrogen and oxygen atoms in total. The van der Waals surface area contributed by atoms with Crippen LogP contribution in [-0.2, 0) is 13.0 Å². The third kappa shape index (κ3) is 3.85. The predicted molar refractivity (Wildman–Crippen MR) is 99.4 cm³/mol. The summed E-state index contributed by atoms with van der Waals surface area (Å²) in [6.45, 7) is 1.18. The summed E-state index contributed by atoms with van der Waals surface area (Å²) < 4.78 is 7.81. The molecule has 0 spiro atoms. The molecule has 0 fully saturated rings. The molecule has 2 N–H and O–H groups in total. The van der Waals surface area contributed by atoms with Crippen molar-refractivity contribution in [2.24, 2.45) is 0 Å². The third-order valence-electron chi connectivity index (χ3n) is 4.31. The van der Waals surface area contributed by atoms with Crippen LogP contribution in [0.25, 0.3) is 0 Å². The summed E-state index contributed by atoms with van der Waals surface area (Å²) in [6.07, 6.45) is 6.22. The van der Waals surface area contributed by atoms with E-state index in [4.69, 9.17) is 4.74 Å². The van der Waals surface area contributed by atoms with Gasteiger partial charge in [0.25, 0.3) is 0 Å². The van der Waals surface area contributed by atoms with Crippen LogP contribution < -0.4 is 15.4 Å². The number of para-hydroxylation sites is 1. The highest BCUT2D eigenvalue weighted by Crippen LogP contribution is 2.27. The fraction of sp³-hybridized carbons (Fsp3) is 0.200. The molecular formula is C20H20N4O2. The van der Waals surface area contributed by atoms with Crippen molar-refractivity contribution in [3.05, 3.63) is 78.4 Å². The number of rotatable bonds is 5. The Balaban J connectivity index is 1.29. The Morgan fingerprint density at radius 3 is 3.00 bits per heavy atom. The van der Waals surface area contributed by atoms with Gasteiger partial charge in [0, 0.05) is 31.0 Å². The second-order valence-corrected chi connectivity index (χ2v) is 6.32. The molecule has 3 aromatic rings. The van der Waals surface area contributed by atoms with Gasteiger partial charge in [0.15, 0.2) is 0 Å². The smallest absolute Gasteiger partial charge is 0.319 e. The van der Waals surface area contributed by atoms with Gasteiger partial charge in [0.2, 0.25) is 0 Å². The number of carbonyl (C=O) groups is 1. The summed E-state index contributed by atoms with van der Waals surface area (Å²) in [7, 11) is 0. The summed E-state index contributed by atoms with van der Waals surface area (Å²) in [6, 6.07) is 15.5. The molecule has 1 aromatic heterocycles. The van der Waals surface area contributed by atoms with Crippen LogP contribution in [0.1, 0.15) is 11.1 Å². The van der Waals surface area contributed by atoms with E-state index in [0.717, 1.165) is 23.4 Å². The van der Waals surface area contributed by atoms with Crippen molar-refractivity contribution in [1.29, 1.82) is 0 Å². The van der Waals surface area contributed by atoms with E-state index in [1.54, 1.807) is 12.5 Å². The summed E-state index contributed by atoms with van der Waals surface area (Å²) in [5.41, 5.74) is 3.04. The maximum absolute atomic E-state index is 12.2. The Morgan fingerprint density at radius 2 is 2.15 bits per heavy atom. The first-order valence-corrected chi connectivity index (χ1v) is 8.60. The molecule has 2 aromatic carbocycles. The Kier molecular flexibility index (Phi) is 4.55. The summed E-state index contributed by atoms with van der Waals surface area (Å²) in [5, 5.41) is 5.76. The Hall–Kier alpha value is -3.28. The van der Waals surface area contributed by atoms with Gasteiger partial charge < -0.3 is 19.9 Å². The lowest BCUT2D eigenvalue weighted by Crippen LogP contribution is -2.37. The average Bonchev–Trinajstić information content (AvgIpc) is 3.29. The van der Waals surface area contributed by atoms with Gasteiger partial charge in [-0.25, -0.2) is 9.78 Å². The molecule has 0 saturated carbocycles. The van der Waals surface area contributed by atoms with Crippen molar-refractivity contribution < 1.29 is 9.53 Å². The van der Waals surface area contributed by atoms with E-state index >= 15 is 0 Å². The van der Waals surface area contributed by atoms with Crippen LogP contribution in [0, 0.1) is 0 Å². The van der Waals surface area contributed by atoms with Crippen LogP contribution in [0.3, 0.4) is 0 Å². The van der Waals surface area contributed by atoms with E-state index in [2.05, 4.69) is 21.7 Å². The van der Waals surface area contributed by atoms with E-state index in [9.17, 15) is 4.79 Å². The van der Waals surface area contributed by atoms with Crippen LogP contribution in [-0.4, -0.2) is 28.2 Å². The highest BCUT2D eigenvalue weighted by molar-refractivity contribution is 5.89. The highest BCUT2D eigenvalue weighted by Gasteiger charge is 2.22. The van der Waals surface area contributed by atoms with Gasteiger partial charge in [-0.1, -0.05) is 30.3 Å². The number of imidazole rings is 1. The molecule has 6 heteroatoms. The van der Waals surface area contributed by atoms with Gasteiger partial charge in [-0.3, -0.25) is 0 Å². The van der Waals surface area contributed by atoms with Gasteiger partial charge in [-0.2, -0.15) is 0 Å². The lowest BCUT2D eigenvalue weighted by atomic mass is 10.1. The second-order valence-electron chi connectivity index (χ2n) is 6.32. The van der Waals surface area contributed by atoms with Gasteiger partial charge in [-0.05, 0) is 29.3 Å². The molecule has 4 rings (SSSR count). The zero-order valence-corrected chi connectivity index (χ0v) is 14.3. The number of ether oxygens (including phenoxy) is 1. The number of aromatic nitrogens is 2. The zero-order chi connectivity index (χ0) is 17.8. The standard InChI is InChI=1S/C20H20N4O2/c25-20(22-12-18-11-16-5-1-2-7-19(16)26-18)23-17-6-3-4-15(10-17)13-24-9-8-21-14-24/h1-10,14,18H,11-13H2,(H2,22,23,25)/t18-/m0/s1. The number of nitrogens with zero attached hydrogens (tertiary/aromatic N) is 2. The lowest BCUT2D eigenvalue weighted by molar-refractivity contribution is 0.219. The third-order valence-corrected chi connectivity index (χ3v) is 4.31. The first-order valence-electron chi connectivity index (χ1n) is 8.60. The van der Waals surface area contributed by atoms with Crippen LogP contribution >= 0.6 is 0 Å². The largest absolute Gasteiger partial charge is 0.488 e. The van der Waals surface area contributed by atoms with Gasteiger partial charge in [0.1, 0.15) is 11.9 Å². The quantitative estimate of drug-likeness (QED) is 0.745. The van der Waals surface area contributed by atoms with E-state index in [1.165, 1.54) is 5.56 Å². The van der Waals surface area contributed by atoms with Crippen LogP contribution in [0.4, 0.5) is 10.5 Å². The maximum Gasteiger partial charge on any atom is 0.319 e. The number of hydrogen-bond donors (Lipinski definition) is 2. The van der Waals surface area contributed by atoms with E-state index < -0.39 is 0 Å². The number of anilines is 1. The van der Waals surface area contributed by atoms with Crippen molar-refractivity contribution in [3.63, 3.8) is 0 Å². The summed E-state index contributed by atoms with van der Waals surface area (Å²) in [5.74, 6) is 0.909.